The van der Waals surface area contributed by atoms with Gasteiger partial charge >= 0.3 is 11.9 Å². The summed E-state index contributed by atoms with van der Waals surface area (Å²) in [5.41, 5.74) is 0.576. The summed E-state index contributed by atoms with van der Waals surface area (Å²) in [6.07, 6.45) is 0. The number of benzene rings is 1. The van der Waals surface area contributed by atoms with Gasteiger partial charge in [-0.15, -0.1) is 5.10 Å². The average molecular weight is 248 g/mol. The molecule has 0 bridgehead atoms. The zero-order chi connectivity index (χ0) is 13.0. The number of nitrogens with zero attached hydrogens (tertiary/aromatic N) is 2. The molecule has 0 fully saturated rings. The third-order valence-electron chi connectivity index (χ3n) is 2.21. The van der Waals surface area contributed by atoms with E-state index in [2.05, 4.69) is 5.10 Å². The molecule has 1 aliphatic heterocycles. The topological polar surface area (TPSA) is 68.2 Å². The Hall–Kier alpha value is -2.37. The van der Waals surface area contributed by atoms with E-state index in [1.807, 2.05) is 6.07 Å². The summed E-state index contributed by atoms with van der Waals surface area (Å²) in [6.45, 7) is 1.68. The molecule has 0 atom stereocenters. The largest absolute Gasteiger partial charge is 0.461 e. The molecule has 18 heavy (non-hydrogen) atoms. The van der Waals surface area contributed by atoms with Crippen molar-refractivity contribution in [2.24, 2.45) is 5.10 Å². The molecule has 0 aromatic heterocycles. The molecule has 1 heterocycles. The Kier molecular flexibility index (Phi) is 3.57. The van der Waals surface area contributed by atoms with Crippen molar-refractivity contribution in [2.75, 3.05) is 18.2 Å². The van der Waals surface area contributed by atoms with Crippen molar-refractivity contribution in [3.63, 3.8) is 0 Å². The number of esters is 1. The molecule has 0 saturated carbocycles. The van der Waals surface area contributed by atoms with E-state index in [0.717, 1.165) is 5.01 Å². The van der Waals surface area contributed by atoms with Crippen LogP contribution in [0.3, 0.4) is 0 Å². The SMILES string of the molecule is CCOC(=O)C1=NN(c2ccccc2)C(=O)CO1. The lowest BCUT2D eigenvalue weighted by molar-refractivity contribution is -0.137. The summed E-state index contributed by atoms with van der Waals surface area (Å²) in [5.74, 6) is -1.22. The summed E-state index contributed by atoms with van der Waals surface area (Å²) in [6, 6.07) is 8.81. The van der Waals surface area contributed by atoms with Crippen LogP contribution >= 0.6 is 0 Å². The Labute approximate surface area is 104 Å². The maximum atomic E-state index is 11.7. The van der Waals surface area contributed by atoms with Gasteiger partial charge in [-0.3, -0.25) is 4.79 Å². The number of para-hydroxylation sites is 1. The lowest BCUT2D eigenvalue weighted by Crippen LogP contribution is -2.39. The van der Waals surface area contributed by atoms with Gasteiger partial charge in [-0.25, -0.2) is 4.79 Å². The molecule has 0 spiro atoms. The smallest absolute Gasteiger partial charge is 0.395 e. The first-order chi connectivity index (χ1) is 8.72. The zero-order valence-corrected chi connectivity index (χ0v) is 9.83. The molecule has 0 saturated heterocycles. The number of carbonyl (C=O) groups excluding carboxylic acids is 2. The van der Waals surface area contributed by atoms with Gasteiger partial charge in [-0.2, -0.15) is 5.01 Å². The summed E-state index contributed by atoms with van der Waals surface area (Å²) < 4.78 is 9.71. The summed E-state index contributed by atoms with van der Waals surface area (Å²) in [4.78, 5) is 23.1. The van der Waals surface area contributed by atoms with E-state index in [1.54, 1.807) is 31.2 Å². The second kappa shape index (κ2) is 5.31. The fraction of sp³-hybridized carbons (Fsp3) is 0.250. The number of ether oxygens (including phenoxy) is 2. The molecule has 94 valence electrons. The first kappa shape index (κ1) is 12.1. The van der Waals surface area contributed by atoms with Crippen LogP contribution in [0, 0.1) is 0 Å². The van der Waals surface area contributed by atoms with Gasteiger partial charge in [-0.05, 0) is 19.1 Å². The van der Waals surface area contributed by atoms with Crippen LogP contribution in [0.1, 0.15) is 6.92 Å². The fourth-order valence-corrected chi connectivity index (χ4v) is 1.43. The van der Waals surface area contributed by atoms with Gasteiger partial charge in [0.05, 0.1) is 12.3 Å². The van der Waals surface area contributed by atoms with Crippen LogP contribution in [-0.2, 0) is 19.1 Å². The van der Waals surface area contributed by atoms with Crippen molar-refractivity contribution in [1.82, 2.24) is 0 Å². The number of rotatable bonds is 3. The number of hydrogen-bond donors (Lipinski definition) is 0. The van der Waals surface area contributed by atoms with Crippen molar-refractivity contribution in [3.8, 4) is 0 Å². The minimum atomic E-state index is -0.675. The van der Waals surface area contributed by atoms with E-state index < -0.39 is 5.97 Å². The van der Waals surface area contributed by atoms with Crippen molar-refractivity contribution in [1.29, 1.82) is 0 Å². The second-order valence-electron chi connectivity index (χ2n) is 3.46. The quantitative estimate of drug-likeness (QED) is 0.746. The van der Waals surface area contributed by atoms with Crippen LogP contribution in [0.25, 0.3) is 0 Å². The van der Waals surface area contributed by atoms with Gasteiger partial charge in [0.2, 0.25) is 0 Å². The summed E-state index contributed by atoms with van der Waals surface area (Å²) >= 11 is 0. The third kappa shape index (κ3) is 2.48. The highest BCUT2D eigenvalue weighted by Crippen LogP contribution is 2.16. The maximum Gasteiger partial charge on any atom is 0.395 e. The Morgan fingerprint density at radius 3 is 2.83 bits per heavy atom. The van der Waals surface area contributed by atoms with Crippen LogP contribution in [0.4, 0.5) is 5.69 Å². The first-order valence-electron chi connectivity index (χ1n) is 5.49. The molecular formula is C12H12N2O4. The molecule has 6 nitrogen and oxygen atoms in total. The summed E-state index contributed by atoms with van der Waals surface area (Å²) in [7, 11) is 0. The lowest BCUT2D eigenvalue weighted by atomic mass is 10.3. The predicted molar refractivity (Wildman–Crippen MR) is 63.9 cm³/mol. The second-order valence-corrected chi connectivity index (χ2v) is 3.46. The number of anilines is 1. The highest BCUT2D eigenvalue weighted by atomic mass is 16.6. The molecular weight excluding hydrogens is 236 g/mol. The molecule has 0 unspecified atom stereocenters. The predicted octanol–water partition coefficient (Wildman–Crippen LogP) is 0.926. The number of hydrazone groups is 1. The highest BCUT2D eigenvalue weighted by molar-refractivity contribution is 6.34. The van der Waals surface area contributed by atoms with Crippen LogP contribution in [0.5, 0.6) is 0 Å². The van der Waals surface area contributed by atoms with Crippen molar-refractivity contribution >= 4 is 23.5 Å². The summed E-state index contributed by atoms with van der Waals surface area (Å²) in [5, 5.41) is 4.99. The van der Waals surface area contributed by atoms with E-state index in [-0.39, 0.29) is 25.0 Å². The lowest BCUT2D eigenvalue weighted by Gasteiger charge is -2.22. The molecule has 1 aliphatic rings. The highest BCUT2D eigenvalue weighted by Gasteiger charge is 2.27. The van der Waals surface area contributed by atoms with Gasteiger partial charge in [0.15, 0.2) is 6.61 Å². The molecule has 1 amide bonds. The number of hydrogen-bond acceptors (Lipinski definition) is 5. The van der Waals surface area contributed by atoms with E-state index >= 15 is 0 Å². The fourth-order valence-electron chi connectivity index (χ4n) is 1.43. The van der Waals surface area contributed by atoms with Gasteiger partial charge in [0.25, 0.3) is 5.91 Å². The average Bonchev–Trinajstić information content (AvgIpc) is 2.40. The molecule has 6 heteroatoms. The number of amides is 1. The van der Waals surface area contributed by atoms with E-state index in [9.17, 15) is 9.59 Å². The molecule has 0 N–H and O–H groups in total. The van der Waals surface area contributed by atoms with Gasteiger partial charge in [0.1, 0.15) is 0 Å². The molecule has 1 aromatic carbocycles. The Morgan fingerprint density at radius 2 is 2.17 bits per heavy atom. The minimum absolute atomic E-state index is 0.208. The van der Waals surface area contributed by atoms with Crippen LogP contribution in [-0.4, -0.2) is 31.0 Å². The first-order valence-corrected chi connectivity index (χ1v) is 5.49. The van der Waals surface area contributed by atoms with E-state index in [4.69, 9.17) is 9.47 Å². The van der Waals surface area contributed by atoms with Crippen LogP contribution < -0.4 is 5.01 Å². The Bertz CT molecular complexity index is 484. The monoisotopic (exact) mass is 248 g/mol. The Balaban J connectivity index is 2.26. The normalized spacial score (nSPS) is 14.8. The molecule has 0 aliphatic carbocycles. The minimum Gasteiger partial charge on any atom is -0.461 e. The van der Waals surface area contributed by atoms with Gasteiger partial charge < -0.3 is 9.47 Å². The van der Waals surface area contributed by atoms with Crippen LogP contribution in [0.15, 0.2) is 35.4 Å². The van der Waals surface area contributed by atoms with Crippen molar-refractivity contribution < 1.29 is 19.1 Å². The number of carbonyl (C=O) groups is 2. The zero-order valence-electron chi connectivity index (χ0n) is 9.83. The van der Waals surface area contributed by atoms with Crippen LogP contribution in [0.2, 0.25) is 0 Å². The third-order valence-corrected chi connectivity index (χ3v) is 2.21. The van der Waals surface area contributed by atoms with Gasteiger partial charge in [0, 0.05) is 0 Å². The van der Waals surface area contributed by atoms with E-state index in [0.29, 0.717) is 5.69 Å². The van der Waals surface area contributed by atoms with E-state index in [1.165, 1.54) is 0 Å². The Morgan fingerprint density at radius 1 is 1.44 bits per heavy atom. The maximum absolute atomic E-state index is 11.7. The molecule has 0 radical (unpaired) electrons. The van der Waals surface area contributed by atoms with Crippen molar-refractivity contribution in [2.45, 2.75) is 6.92 Å². The standard InChI is InChI=1S/C12H12N2O4/c1-2-17-12(16)11-13-14(10(15)8-18-11)9-6-4-3-5-7-9/h3-7H,2,8H2,1H3. The molecule has 1 aromatic rings. The van der Waals surface area contributed by atoms with Crippen molar-refractivity contribution in [3.05, 3.63) is 30.3 Å². The van der Waals surface area contributed by atoms with Gasteiger partial charge in [-0.1, -0.05) is 18.2 Å². The molecule has 2 rings (SSSR count).